The molecule has 3 aromatic rings. The molecule has 1 N–H and O–H groups in total. The lowest BCUT2D eigenvalue weighted by molar-refractivity contribution is 0.271. The van der Waals surface area contributed by atoms with Crippen LogP contribution in [0.2, 0.25) is 0 Å². The molecule has 0 fully saturated rings. The van der Waals surface area contributed by atoms with Crippen molar-refractivity contribution >= 4 is 0 Å². The fourth-order valence-corrected chi connectivity index (χ4v) is 3.69. The zero-order valence-electron chi connectivity index (χ0n) is 17.2. The molecule has 3 nitrogen and oxygen atoms in total. The topological polar surface area (TPSA) is 30.5 Å². The number of nitrogens with one attached hydrogen (secondary N) is 1. The average Bonchev–Trinajstić information content (AvgIpc) is 2.77. The van der Waals surface area contributed by atoms with E-state index in [2.05, 4.69) is 73.8 Å². The molecule has 0 radical (unpaired) electrons. The summed E-state index contributed by atoms with van der Waals surface area (Å²) in [7, 11) is 0. The molecule has 1 heterocycles. The molecule has 0 bridgehead atoms. The molecule has 0 saturated carbocycles. The summed E-state index contributed by atoms with van der Waals surface area (Å²) < 4.78 is 11.8. The molecule has 3 heteroatoms. The molecule has 29 heavy (non-hydrogen) atoms. The van der Waals surface area contributed by atoms with Crippen LogP contribution in [0, 0.1) is 5.92 Å². The predicted octanol–water partition coefficient (Wildman–Crippen LogP) is 5.54. The van der Waals surface area contributed by atoms with Gasteiger partial charge in [0.05, 0.1) is 12.6 Å². The van der Waals surface area contributed by atoms with Gasteiger partial charge < -0.3 is 14.8 Å². The van der Waals surface area contributed by atoms with Crippen LogP contribution in [0.25, 0.3) is 0 Å². The summed E-state index contributed by atoms with van der Waals surface area (Å²) in [5.74, 6) is 2.40. The molecule has 0 aliphatic carbocycles. The Balaban J connectivity index is 1.46. The molecule has 150 valence electrons. The first-order valence-corrected chi connectivity index (χ1v) is 10.4. The summed E-state index contributed by atoms with van der Waals surface area (Å²) in [4.78, 5) is 0. The van der Waals surface area contributed by atoms with Crippen LogP contribution in [-0.2, 0) is 13.0 Å². The van der Waals surface area contributed by atoms with Crippen LogP contribution in [0.4, 0.5) is 0 Å². The summed E-state index contributed by atoms with van der Waals surface area (Å²) in [5.41, 5.74) is 5.14. The van der Waals surface area contributed by atoms with Crippen molar-refractivity contribution in [1.29, 1.82) is 0 Å². The maximum absolute atomic E-state index is 6.02. The third-order valence-electron chi connectivity index (χ3n) is 5.21. The van der Waals surface area contributed by atoms with E-state index in [1.54, 1.807) is 0 Å². The van der Waals surface area contributed by atoms with Crippen molar-refractivity contribution < 1.29 is 9.47 Å². The summed E-state index contributed by atoms with van der Waals surface area (Å²) in [6, 6.07) is 25.5. The molecule has 0 amide bonds. The van der Waals surface area contributed by atoms with Crippen LogP contribution in [0.15, 0.2) is 72.8 Å². The number of benzene rings is 3. The van der Waals surface area contributed by atoms with E-state index in [1.807, 2.05) is 18.2 Å². The number of fused-ring (bicyclic) bond motifs is 1. The fourth-order valence-electron chi connectivity index (χ4n) is 3.69. The van der Waals surface area contributed by atoms with Gasteiger partial charge in [0.25, 0.3) is 0 Å². The third-order valence-corrected chi connectivity index (χ3v) is 5.21. The third kappa shape index (κ3) is 4.99. The summed E-state index contributed by atoms with van der Waals surface area (Å²) in [6.45, 7) is 6.63. The smallest absolute Gasteiger partial charge is 0.120 e. The lowest BCUT2D eigenvalue weighted by atomic mass is 9.89. The highest BCUT2D eigenvalue weighted by atomic mass is 16.5. The molecule has 0 saturated heterocycles. The molecular formula is C26H29NO2. The van der Waals surface area contributed by atoms with E-state index >= 15 is 0 Å². The Kier molecular flexibility index (Phi) is 6.16. The number of ether oxygens (including phenoxy) is 2. The van der Waals surface area contributed by atoms with Crippen molar-refractivity contribution in [2.45, 2.75) is 32.9 Å². The SMILES string of the molecule is CC(C)COc1ccc(C2NCCc3cc(OCc4ccccc4)ccc32)cc1. The second-order valence-corrected chi connectivity index (χ2v) is 8.05. The maximum atomic E-state index is 6.02. The lowest BCUT2D eigenvalue weighted by Crippen LogP contribution is -2.30. The standard InChI is InChI=1S/C26H29NO2/c1-19(2)17-28-23-10-8-21(9-11-23)26-25-13-12-24(16-22(25)14-15-27-26)29-18-20-6-4-3-5-7-20/h3-13,16,19,26-27H,14-15,17-18H2,1-2H3. The van der Waals surface area contributed by atoms with Crippen LogP contribution in [-0.4, -0.2) is 13.2 Å². The minimum absolute atomic E-state index is 0.209. The predicted molar refractivity (Wildman–Crippen MR) is 118 cm³/mol. The largest absolute Gasteiger partial charge is 0.493 e. The van der Waals surface area contributed by atoms with Crippen LogP contribution >= 0.6 is 0 Å². The van der Waals surface area contributed by atoms with Gasteiger partial charge in [-0.2, -0.15) is 0 Å². The van der Waals surface area contributed by atoms with Crippen molar-refractivity contribution in [3.8, 4) is 11.5 Å². The Morgan fingerprint density at radius 1 is 0.897 bits per heavy atom. The fraction of sp³-hybridized carbons (Fsp3) is 0.308. The Bertz CT molecular complexity index is 919. The van der Waals surface area contributed by atoms with Gasteiger partial charge in [-0.15, -0.1) is 0 Å². The van der Waals surface area contributed by atoms with E-state index in [9.17, 15) is 0 Å². The van der Waals surface area contributed by atoms with Gasteiger partial charge in [-0.25, -0.2) is 0 Å². The van der Waals surface area contributed by atoms with Gasteiger partial charge in [0.15, 0.2) is 0 Å². The molecule has 1 unspecified atom stereocenters. The highest BCUT2D eigenvalue weighted by molar-refractivity contribution is 5.44. The van der Waals surface area contributed by atoms with Crippen LogP contribution in [0.1, 0.15) is 42.1 Å². The normalized spacial score (nSPS) is 15.8. The van der Waals surface area contributed by atoms with E-state index in [0.717, 1.165) is 31.1 Å². The second-order valence-electron chi connectivity index (χ2n) is 8.05. The molecule has 0 spiro atoms. The molecule has 1 atom stereocenters. The van der Waals surface area contributed by atoms with Crippen LogP contribution in [0.5, 0.6) is 11.5 Å². The zero-order valence-corrected chi connectivity index (χ0v) is 17.2. The van der Waals surface area contributed by atoms with E-state index in [4.69, 9.17) is 9.47 Å². The van der Waals surface area contributed by atoms with E-state index in [0.29, 0.717) is 12.5 Å². The average molecular weight is 388 g/mol. The molecule has 1 aliphatic rings. The van der Waals surface area contributed by atoms with E-state index in [1.165, 1.54) is 22.3 Å². The molecular weight excluding hydrogens is 358 g/mol. The van der Waals surface area contributed by atoms with Gasteiger partial charge in [0, 0.05) is 6.54 Å². The second kappa shape index (κ2) is 9.15. The van der Waals surface area contributed by atoms with Crippen molar-refractivity contribution in [3.63, 3.8) is 0 Å². The van der Waals surface area contributed by atoms with E-state index in [-0.39, 0.29) is 6.04 Å². The number of hydrogen-bond acceptors (Lipinski definition) is 3. The first-order valence-electron chi connectivity index (χ1n) is 10.4. The molecule has 1 aliphatic heterocycles. The lowest BCUT2D eigenvalue weighted by Gasteiger charge is -2.28. The zero-order chi connectivity index (χ0) is 20.1. The van der Waals surface area contributed by atoms with E-state index < -0.39 is 0 Å². The van der Waals surface area contributed by atoms with Crippen LogP contribution < -0.4 is 14.8 Å². The van der Waals surface area contributed by atoms with Gasteiger partial charge >= 0.3 is 0 Å². The Morgan fingerprint density at radius 2 is 1.66 bits per heavy atom. The number of rotatable bonds is 7. The molecule has 3 aromatic carbocycles. The monoisotopic (exact) mass is 387 g/mol. The Morgan fingerprint density at radius 3 is 2.41 bits per heavy atom. The summed E-state index contributed by atoms with van der Waals surface area (Å²) in [5, 5.41) is 3.66. The minimum Gasteiger partial charge on any atom is -0.493 e. The minimum atomic E-state index is 0.209. The van der Waals surface area contributed by atoms with Crippen molar-refractivity contribution in [3.05, 3.63) is 95.1 Å². The van der Waals surface area contributed by atoms with Crippen molar-refractivity contribution in [1.82, 2.24) is 5.32 Å². The van der Waals surface area contributed by atoms with Crippen molar-refractivity contribution in [2.24, 2.45) is 5.92 Å². The summed E-state index contributed by atoms with van der Waals surface area (Å²) >= 11 is 0. The highest BCUT2D eigenvalue weighted by Gasteiger charge is 2.21. The van der Waals surface area contributed by atoms with Crippen LogP contribution in [0.3, 0.4) is 0 Å². The van der Waals surface area contributed by atoms with Crippen molar-refractivity contribution in [2.75, 3.05) is 13.2 Å². The first kappa shape index (κ1) is 19.5. The quantitative estimate of drug-likeness (QED) is 0.578. The maximum Gasteiger partial charge on any atom is 0.120 e. The Labute approximate surface area is 173 Å². The van der Waals surface area contributed by atoms with Gasteiger partial charge in [-0.3, -0.25) is 0 Å². The van der Waals surface area contributed by atoms with Gasteiger partial charge in [-0.1, -0.05) is 62.4 Å². The molecule has 4 rings (SSSR count). The number of hydrogen-bond donors (Lipinski definition) is 1. The highest BCUT2D eigenvalue weighted by Crippen LogP contribution is 2.32. The first-order chi connectivity index (χ1) is 14.2. The Hall–Kier alpha value is -2.78. The molecule has 0 aromatic heterocycles. The summed E-state index contributed by atoms with van der Waals surface area (Å²) in [6.07, 6.45) is 1.02. The van der Waals surface area contributed by atoms with Gasteiger partial charge in [0.2, 0.25) is 0 Å². The van der Waals surface area contributed by atoms with Gasteiger partial charge in [0.1, 0.15) is 18.1 Å². The van der Waals surface area contributed by atoms with Gasteiger partial charge in [-0.05, 0) is 58.9 Å².